The van der Waals surface area contributed by atoms with Gasteiger partial charge in [-0.2, -0.15) is 0 Å². The van der Waals surface area contributed by atoms with Gasteiger partial charge in [-0.05, 0) is 62.2 Å². The largest absolute Gasteiger partial charge is 0.478 e. The number of rotatable bonds is 14. The molecule has 10 heteroatoms. The summed E-state index contributed by atoms with van der Waals surface area (Å²) in [7, 11) is 0. The molecule has 2 aliphatic heterocycles. The summed E-state index contributed by atoms with van der Waals surface area (Å²) in [6.07, 6.45) is 10.8. The molecule has 1 saturated heterocycles. The van der Waals surface area contributed by atoms with Crippen molar-refractivity contribution in [1.82, 2.24) is 10.6 Å². The lowest BCUT2D eigenvalue weighted by atomic mass is 10.1. The van der Waals surface area contributed by atoms with E-state index in [1.807, 2.05) is 0 Å². The number of benzene rings is 2. The minimum atomic E-state index is -1.21. The number of carbonyl (C=O) groups excluding carboxylic acids is 4. The van der Waals surface area contributed by atoms with Crippen LogP contribution >= 0.6 is 0 Å². The maximum absolute atomic E-state index is 13.3. The zero-order chi connectivity index (χ0) is 29.4. The lowest BCUT2D eigenvalue weighted by Gasteiger charge is -2.18. The van der Waals surface area contributed by atoms with Gasteiger partial charge in [-0.15, -0.1) is 0 Å². The highest BCUT2D eigenvalue weighted by atomic mass is 16.4. The average Bonchev–Trinajstić information content (AvgIpc) is 3.59. The first kappa shape index (κ1) is 29.9. The number of carboxylic acids is 1. The molecule has 2 aromatic rings. The van der Waals surface area contributed by atoms with Crippen molar-refractivity contribution < 1.29 is 29.1 Å². The zero-order valence-corrected chi connectivity index (χ0v) is 23.5. The Hall–Kier alpha value is -4.05. The first-order chi connectivity index (χ1) is 19.8. The summed E-state index contributed by atoms with van der Waals surface area (Å²) in [5.74, 6) is -3.55. The third-order valence-corrected chi connectivity index (χ3v) is 7.60. The van der Waals surface area contributed by atoms with Gasteiger partial charge in [0, 0.05) is 12.2 Å². The van der Waals surface area contributed by atoms with Crippen LogP contribution in [0.25, 0.3) is 0 Å². The van der Waals surface area contributed by atoms with E-state index in [9.17, 15) is 29.1 Å². The normalized spacial score (nSPS) is 16.1. The minimum Gasteiger partial charge on any atom is -0.478 e. The summed E-state index contributed by atoms with van der Waals surface area (Å²) in [5.41, 5.74) is 0.752. The van der Waals surface area contributed by atoms with Crippen molar-refractivity contribution in [3.8, 4) is 0 Å². The maximum atomic E-state index is 13.3. The van der Waals surface area contributed by atoms with Gasteiger partial charge < -0.3 is 15.7 Å². The highest BCUT2D eigenvalue weighted by Crippen LogP contribution is 2.32. The number of carbonyl (C=O) groups is 5. The second-order valence-corrected chi connectivity index (χ2v) is 10.6. The predicted molar refractivity (Wildman–Crippen MR) is 156 cm³/mol. The van der Waals surface area contributed by atoms with Crippen LogP contribution in [0.15, 0.2) is 36.4 Å². The van der Waals surface area contributed by atoms with Crippen LogP contribution in [0.2, 0.25) is 0 Å². The van der Waals surface area contributed by atoms with Crippen LogP contribution < -0.4 is 20.9 Å². The lowest BCUT2D eigenvalue weighted by molar-refractivity contribution is -0.121. The van der Waals surface area contributed by atoms with Crippen LogP contribution in [0.3, 0.4) is 0 Å². The number of anilines is 2. The Kier molecular flexibility index (Phi) is 10.2. The number of amides is 4. The Balaban J connectivity index is 1.50. The molecule has 4 rings (SSSR count). The molecule has 2 aromatic carbocycles. The van der Waals surface area contributed by atoms with Crippen molar-refractivity contribution in [3.63, 3.8) is 0 Å². The number of carboxylic acid groups (broad SMARTS) is 1. The molecule has 0 saturated carbocycles. The van der Waals surface area contributed by atoms with Crippen molar-refractivity contribution in [2.24, 2.45) is 0 Å². The van der Waals surface area contributed by atoms with Gasteiger partial charge in [0.1, 0.15) is 0 Å². The Morgan fingerprint density at radius 2 is 1.63 bits per heavy atom. The van der Waals surface area contributed by atoms with E-state index in [4.69, 9.17) is 0 Å². The summed E-state index contributed by atoms with van der Waals surface area (Å²) in [5, 5.41) is 18.1. The van der Waals surface area contributed by atoms with E-state index in [0.717, 1.165) is 30.6 Å². The van der Waals surface area contributed by atoms with Gasteiger partial charge in [-0.3, -0.25) is 24.5 Å². The molecule has 218 valence electrons. The lowest BCUT2D eigenvalue weighted by Crippen LogP contribution is -2.43. The van der Waals surface area contributed by atoms with Crippen molar-refractivity contribution in [1.29, 1.82) is 0 Å². The Morgan fingerprint density at radius 3 is 2.32 bits per heavy atom. The summed E-state index contributed by atoms with van der Waals surface area (Å²) in [4.78, 5) is 64.6. The van der Waals surface area contributed by atoms with Crippen LogP contribution in [-0.2, 0) is 4.79 Å². The SMILES string of the molecule is CCCCCCCCCCNc1ccc(N2C(=O)c3ccc(C(=O)O)cc3C2=O)cc1C(=O)NC(=O)C1CCCN1. The zero-order valence-electron chi connectivity index (χ0n) is 23.5. The molecule has 10 nitrogen and oxygen atoms in total. The maximum Gasteiger partial charge on any atom is 0.335 e. The van der Waals surface area contributed by atoms with E-state index >= 15 is 0 Å². The van der Waals surface area contributed by atoms with Gasteiger partial charge in [0.15, 0.2) is 0 Å². The predicted octanol–water partition coefficient (Wildman–Crippen LogP) is 4.75. The molecule has 41 heavy (non-hydrogen) atoms. The first-order valence-electron chi connectivity index (χ1n) is 14.5. The number of unbranched alkanes of at least 4 members (excludes halogenated alkanes) is 7. The number of hydrogen-bond acceptors (Lipinski definition) is 7. The Labute approximate surface area is 239 Å². The topological polar surface area (TPSA) is 145 Å². The van der Waals surface area contributed by atoms with Crippen LogP contribution in [0.4, 0.5) is 11.4 Å². The van der Waals surface area contributed by atoms with Crippen molar-refractivity contribution in [3.05, 3.63) is 58.7 Å². The van der Waals surface area contributed by atoms with Crippen LogP contribution in [0.1, 0.15) is 113 Å². The summed E-state index contributed by atoms with van der Waals surface area (Å²) in [6, 6.07) is 7.93. The van der Waals surface area contributed by atoms with E-state index in [1.165, 1.54) is 56.4 Å². The fourth-order valence-corrected chi connectivity index (χ4v) is 5.28. The van der Waals surface area contributed by atoms with E-state index in [1.54, 1.807) is 12.1 Å². The van der Waals surface area contributed by atoms with E-state index in [2.05, 4.69) is 22.9 Å². The summed E-state index contributed by atoms with van der Waals surface area (Å²) in [6.45, 7) is 3.53. The molecule has 1 atom stereocenters. The van der Waals surface area contributed by atoms with Gasteiger partial charge in [0.2, 0.25) is 5.91 Å². The molecule has 4 N–H and O–H groups in total. The standard InChI is InChI=1S/C31H38N4O6/c1-2-3-4-5-6-7-8-9-16-32-25-15-13-21(19-24(25)27(36)34-28(37)26-11-10-17-33-26)35-29(38)22-14-12-20(31(40)41)18-23(22)30(35)39/h12-15,18-19,26,32-33H,2-11,16-17H2,1H3,(H,40,41)(H,34,36,37). The van der Waals surface area contributed by atoms with E-state index in [-0.39, 0.29) is 27.9 Å². The molecule has 0 bridgehead atoms. The smallest absolute Gasteiger partial charge is 0.335 e. The molecule has 0 radical (unpaired) electrons. The van der Waals surface area contributed by atoms with Gasteiger partial charge in [0.25, 0.3) is 17.7 Å². The van der Waals surface area contributed by atoms with Crippen molar-refractivity contribution in [2.75, 3.05) is 23.3 Å². The van der Waals surface area contributed by atoms with Crippen molar-refractivity contribution >= 4 is 41.0 Å². The van der Waals surface area contributed by atoms with Crippen LogP contribution in [0, 0.1) is 0 Å². The highest BCUT2D eigenvalue weighted by Gasteiger charge is 2.38. The number of imide groups is 2. The van der Waals surface area contributed by atoms with Gasteiger partial charge in [-0.25, -0.2) is 9.69 Å². The molecule has 2 aliphatic rings. The van der Waals surface area contributed by atoms with E-state index < -0.39 is 35.6 Å². The van der Waals surface area contributed by atoms with Gasteiger partial charge in [0.05, 0.1) is 34.0 Å². The quantitative estimate of drug-likeness (QED) is 0.191. The number of hydrogen-bond donors (Lipinski definition) is 4. The monoisotopic (exact) mass is 562 g/mol. The highest BCUT2D eigenvalue weighted by molar-refractivity contribution is 6.35. The van der Waals surface area contributed by atoms with Gasteiger partial charge in [-0.1, -0.05) is 51.9 Å². The average molecular weight is 563 g/mol. The molecule has 0 aliphatic carbocycles. The first-order valence-corrected chi connectivity index (χ1v) is 14.5. The minimum absolute atomic E-state index is 0.0136. The number of fused-ring (bicyclic) bond motifs is 1. The number of aromatic carboxylic acids is 1. The molecule has 4 amide bonds. The Bertz CT molecular complexity index is 1320. The summed E-state index contributed by atoms with van der Waals surface area (Å²) < 4.78 is 0. The van der Waals surface area contributed by atoms with Gasteiger partial charge >= 0.3 is 5.97 Å². The molecule has 1 fully saturated rings. The van der Waals surface area contributed by atoms with Crippen LogP contribution in [-0.4, -0.2) is 53.8 Å². The summed E-state index contributed by atoms with van der Waals surface area (Å²) >= 11 is 0. The molecule has 0 spiro atoms. The second-order valence-electron chi connectivity index (χ2n) is 10.6. The fourth-order valence-electron chi connectivity index (χ4n) is 5.28. The molecule has 1 unspecified atom stereocenters. The van der Waals surface area contributed by atoms with Crippen LogP contribution in [0.5, 0.6) is 0 Å². The van der Waals surface area contributed by atoms with Crippen molar-refractivity contribution in [2.45, 2.75) is 77.2 Å². The Morgan fingerprint density at radius 1 is 0.927 bits per heavy atom. The number of nitrogens with zero attached hydrogens (tertiary/aromatic N) is 1. The van der Waals surface area contributed by atoms with E-state index in [0.29, 0.717) is 25.2 Å². The second kappa shape index (κ2) is 14.0. The third-order valence-electron chi connectivity index (χ3n) is 7.60. The molecular weight excluding hydrogens is 524 g/mol. The molecule has 0 aromatic heterocycles. The number of nitrogens with one attached hydrogen (secondary N) is 3. The molecule has 2 heterocycles. The molecular formula is C31H38N4O6. The third kappa shape index (κ3) is 7.18. The fraction of sp³-hybridized carbons (Fsp3) is 0.452.